The molecule has 2 aliphatic heterocycles. The Bertz CT molecular complexity index is 401. The van der Waals surface area contributed by atoms with Crippen molar-refractivity contribution in [1.82, 2.24) is 15.5 Å². The van der Waals surface area contributed by atoms with Crippen LogP contribution in [0, 0.1) is 5.92 Å². The van der Waals surface area contributed by atoms with Gasteiger partial charge in [0.15, 0.2) is 0 Å². The lowest BCUT2D eigenvalue weighted by atomic mass is 9.76. The number of carbonyl (C=O) groups excluding carboxylic acids is 2. The van der Waals surface area contributed by atoms with E-state index in [0.29, 0.717) is 13.0 Å². The molecule has 2 saturated heterocycles. The summed E-state index contributed by atoms with van der Waals surface area (Å²) in [6.07, 6.45) is 2.51. The fourth-order valence-corrected chi connectivity index (χ4v) is 3.18. The van der Waals surface area contributed by atoms with Crippen LogP contribution in [0.5, 0.6) is 0 Å². The molecule has 2 heterocycles. The Balaban J connectivity index is 2.23. The van der Waals surface area contributed by atoms with Crippen LogP contribution in [0.25, 0.3) is 0 Å². The molecule has 5 heteroatoms. The number of nitrogens with zero attached hydrogens (tertiary/aromatic N) is 1. The molecule has 2 N–H and O–H groups in total. The molecule has 2 aliphatic rings. The smallest absolute Gasteiger partial charge is 0.323 e. The SMILES string of the molecule is C=C(C)CN1C(=O)NC(CC)(C2CCNCC2)C1=O. The van der Waals surface area contributed by atoms with Crippen molar-refractivity contribution in [1.29, 1.82) is 0 Å². The Morgan fingerprint density at radius 2 is 2.05 bits per heavy atom. The molecule has 106 valence electrons. The number of piperidine rings is 1. The number of carbonyl (C=O) groups is 2. The van der Waals surface area contributed by atoms with Crippen molar-refractivity contribution >= 4 is 11.9 Å². The molecule has 0 aliphatic carbocycles. The molecule has 19 heavy (non-hydrogen) atoms. The van der Waals surface area contributed by atoms with Gasteiger partial charge in [0.25, 0.3) is 5.91 Å². The van der Waals surface area contributed by atoms with Gasteiger partial charge < -0.3 is 10.6 Å². The van der Waals surface area contributed by atoms with E-state index in [1.54, 1.807) is 0 Å². The molecule has 1 unspecified atom stereocenters. The number of rotatable bonds is 4. The molecule has 0 aromatic carbocycles. The third-order valence-corrected chi connectivity index (χ3v) is 4.22. The first kappa shape index (κ1) is 14.1. The Kier molecular flexibility index (Phi) is 3.94. The topological polar surface area (TPSA) is 61.4 Å². The highest BCUT2D eigenvalue weighted by atomic mass is 16.2. The van der Waals surface area contributed by atoms with Gasteiger partial charge in [0.05, 0.1) is 6.54 Å². The molecule has 0 aromatic heterocycles. The molecule has 0 spiro atoms. The zero-order chi connectivity index (χ0) is 14.0. The van der Waals surface area contributed by atoms with Crippen LogP contribution in [0.3, 0.4) is 0 Å². The largest absolute Gasteiger partial charge is 0.325 e. The van der Waals surface area contributed by atoms with Crippen molar-refractivity contribution in [2.45, 2.75) is 38.6 Å². The minimum Gasteiger partial charge on any atom is -0.323 e. The Morgan fingerprint density at radius 3 is 2.58 bits per heavy atom. The van der Waals surface area contributed by atoms with E-state index in [-0.39, 0.29) is 17.9 Å². The maximum atomic E-state index is 12.7. The van der Waals surface area contributed by atoms with Crippen molar-refractivity contribution in [2.75, 3.05) is 19.6 Å². The summed E-state index contributed by atoms with van der Waals surface area (Å²) in [6, 6.07) is -0.270. The van der Waals surface area contributed by atoms with Gasteiger partial charge in [-0.1, -0.05) is 19.1 Å². The summed E-state index contributed by atoms with van der Waals surface area (Å²) in [5, 5.41) is 6.26. The molecule has 3 amide bonds. The molecule has 0 saturated carbocycles. The van der Waals surface area contributed by atoms with Crippen LogP contribution in [0.15, 0.2) is 12.2 Å². The van der Waals surface area contributed by atoms with E-state index in [9.17, 15) is 9.59 Å². The van der Waals surface area contributed by atoms with Gasteiger partial charge in [-0.25, -0.2) is 4.79 Å². The summed E-state index contributed by atoms with van der Waals surface area (Å²) in [5.74, 6) is 0.153. The molecule has 1 atom stereocenters. The van der Waals surface area contributed by atoms with E-state index in [2.05, 4.69) is 17.2 Å². The van der Waals surface area contributed by atoms with Gasteiger partial charge in [-0.15, -0.1) is 0 Å². The Morgan fingerprint density at radius 1 is 1.42 bits per heavy atom. The molecule has 5 nitrogen and oxygen atoms in total. The van der Waals surface area contributed by atoms with Crippen LogP contribution in [0.2, 0.25) is 0 Å². The molecule has 2 fully saturated rings. The standard InChI is InChI=1S/C14H23N3O2/c1-4-14(11-5-7-15-8-6-11)12(18)17(9-10(2)3)13(19)16-14/h11,15H,2,4-9H2,1,3H3,(H,16,19). The van der Waals surface area contributed by atoms with Crippen LogP contribution in [0.1, 0.15) is 33.1 Å². The van der Waals surface area contributed by atoms with Gasteiger partial charge in [0.2, 0.25) is 0 Å². The molecule has 0 bridgehead atoms. The second-order valence-corrected chi connectivity index (χ2v) is 5.63. The zero-order valence-electron chi connectivity index (χ0n) is 11.8. The molecular formula is C14H23N3O2. The highest BCUT2D eigenvalue weighted by molar-refractivity contribution is 6.07. The number of imide groups is 1. The van der Waals surface area contributed by atoms with Crippen molar-refractivity contribution in [3.63, 3.8) is 0 Å². The quantitative estimate of drug-likeness (QED) is 0.594. The van der Waals surface area contributed by atoms with Gasteiger partial charge in [-0.3, -0.25) is 9.69 Å². The minimum atomic E-state index is -0.700. The molecule has 2 rings (SSSR count). The number of hydrogen-bond donors (Lipinski definition) is 2. The summed E-state index contributed by atoms with van der Waals surface area (Å²) in [5.41, 5.74) is 0.120. The van der Waals surface area contributed by atoms with Crippen LogP contribution in [0.4, 0.5) is 4.79 Å². The maximum Gasteiger partial charge on any atom is 0.325 e. The lowest BCUT2D eigenvalue weighted by Gasteiger charge is -2.37. The summed E-state index contributed by atoms with van der Waals surface area (Å²) < 4.78 is 0. The van der Waals surface area contributed by atoms with E-state index in [0.717, 1.165) is 31.5 Å². The monoisotopic (exact) mass is 265 g/mol. The number of nitrogens with one attached hydrogen (secondary N) is 2. The fourth-order valence-electron chi connectivity index (χ4n) is 3.18. The number of hydrogen-bond acceptors (Lipinski definition) is 3. The average molecular weight is 265 g/mol. The third-order valence-electron chi connectivity index (χ3n) is 4.22. The van der Waals surface area contributed by atoms with Crippen LogP contribution in [-0.4, -0.2) is 42.0 Å². The van der Waals surface area contributed by atoms with Gasteiger partial charge in [0, 0.05) is 0 Å². The molecular weight excluding hydrogens is 242 g/mol. The zero-order valence-corrected chi connectivity index (χ0v) is 11.8. The predicted molar refractivity (Wildman–Crippen MR) is 73.7 cm³/mol. The summed E-state index contributed by atoms with van der Waals surface area (Å²) >= 11 is 0. The number of amides is 3. The summed E-state index contributed by atoms with van der Waals surface area (Å²) in [7, 11) is 0. The second-order valence-electron chi connectivity index (χ2n) is 5.63. The first-order chi connectivity index (χ1) is 9.01. The van der Waals surface area contributed by atoms with Crippen molar-refractivity contribution in [3.8, 4) is 0 Å². The summed E-state index contributed by atoms with van der Waals surface area (Å²) in [4.78, 5) is 26.1. The van der Waals surface area contributed by atoms with Crippen molar-refractivity contribution in [3.05, 3.63) is 12.2 Å². The van der Waals surface area contributed by atoms with Crippen LogP contribution in [-0.2, 0) is 4.79 Å². The number of urea groups is 1. The predicted octanol–water partition coefficient (Wildman–Crippen LogP) is 1.26. The van der Waals surface area contributed by atoms with Gasteiger partial charge in [0.1, 0.15) is 5.54 Å². The Labute approximate surface area is 114 Å². The van der Waals surface area contributed by atoms with Crippen LogP contribution >= 0.6 is 0 Å². The lowest BCUT2D eigenvalue weighted by Crippen LogP contribution is -2.55. The highest BCUT2D eigenvalue weighted by Gasteiger charge is 2.54. The van der Waals surface area contributed by atoms with E-state index in [1.165, 1.54) is 4.90 Å². The highest BCUT2D eigenvalue weighted by Crippen LogP contribution is 2.34. The third kappa shape index (κ3) is 2.39. The van der Waals surface area contributed by atoms with Crippen molar-refractivity contribution in [2.24, 2.45) is 5.92 Å². The van der Waals surface area contributed by atoms with Crippen molar-refractivity contribution < 1.29 is 9.59 Å². The van der Waals surface area contributed by atoms with Crippen LogP contribution < -0.4 is 10.6 Å². The Hall–Kier alpha value is -1.36. The maximum absolute atomic E-state index is 12.7. The van der Waals surface area contributed by atoms with E-state index in [4.69, 9.17) is 0 Å². The van der Waals surface area contributed by atoms with Gasteiger partial charge in [-0.2, -0.15) is 0 Å². The minimum absolute atomic E-state index is 0.0742. The lowest BCUT2D eigenvalue weighted by molar-refractivity contribution is -0.133. The molecule has 0 radical (unpaired) electrons. The van der Waals surface area contributed by atoms with Gasteiger partial charge >= 0.3 is 6.03 Å². The normalized spacial score (nSPS) is 28.6. The first-order valence-corrected chi connectivity index (χ1v) is 7.00. The molecule has 0 aromatic rings. The van der Waals surface area contributed by atoms with E-state index >= 15 is 0 Å². The fraction of sp³-hybridized carbons (Fsp3) is 0.714. The summed E-state index contributed by atoms with van der Waals surface area (Å²) in [6.45, 7) is 9.74. The second kappa shape index (κ2) is 5.33. The first-order valence-electron chi connectivity index (χ1n) is 7.00. The van der Waals surface area contributed by atoms with E-state index in [1.807, 2.05) is 13.8 Å². The average Bonchev–Trinajstić information content (AvgIpc) is 2.64. The van der Waals surface area contributed by atoms with Gasteiger partial charge in [-0.05, 0) is 45.2 Å². The van der Waals surface area contributed by atoms with E-state index < -0.39 is 5.54 Å².